The van der Waals surface area contributed by atoms with Crippen molar-refractivity contribution in [1.82, 2.24) is 5.32 Å². The zero-order valence-corrected chi connectivity index (χ0v) is 14.3. The van der Waals surface area contributed by atoms with Crippen LogP contribution in [0.15, 0.2) is 42.5 Å². The van der Waals surface area contributed by atoms with Crippen molar-refractivity contribution in [2.24, 2.45) is 0 Å². The normalized spacial score (nSPS) is 11.5. The number of urea groups is 1. The first kappa shape index (κ1) is 17.5. The highest BCUT2D eigenvalue weighted by atomic mass is 16.5. The van der Waals surface area contributed by atoms with E-state index in [1.54, 1.807) is 24.3 Å². The maximum absolute atomic E-state index is 12.3. The third-order valence-corrected chi connectivity index (χ3v) is 3.93. The summed E-state index contributed by atoms with van der Waals surface area (Å²) in [5.41, 5.74) is 4.59. The van der Waals surface area contributed by atoms with Crippen molar-refractivity contribution in [1.29, 1.82) is 0 Å². The highest BCUT2D eigenvalue weighted by molar-refractivity contribution is 5.93. The molecule has 5 heteroatoms. The van der Waals surface area contributed by atoms with Crippen LogP contribution in [-0.4, -0.2) is 19.1 Å². The second kappa shape index (κ2) is 7.64. The fourth-order valence-electron chi connectivity index (χ4n) is 2.43. The van der Waals surface area contributed by atoms with E-state index in [2.05, 4.69) is 10.6 Å². The Morgan fingerprint density at radius 3 is 2.21 bits per heavy atom. The minimum atomic E-state index is -0.858. The van der Waals surface area contributed by atoms with Crippen LogP contribution in [0.25, 0.3) is 0 Å². The van der Waals surface area contributed by atoms with Gasteiger partial charge in [0.25, 0.3) is 0 Å². The van der Waals surface area contributed by atoms with E-state index < -0.39 is 18.0 Å². The van der Waals surface area contributed by atoms with Crippen LogP contribution < -0.4 is 10.6 Å². The standard InChI is InChI=1S/C19H22N2O3/c1-12-10-14(3)16(11-13(12)2)20-19(23)21-17(18(22)24-4)15-8-6-5-7-9-15/h5-11,17H,1-4H3,(H2,20,21,23). The minimum Gasteiger partial charge on any atom is -0.467 e. The maximum atomic E-state index is 12.3. The molecule has 2 rings (SSSR count). The van der Waals surface area contributed by atoms with E-state index in [1.165, 1.54) is 7.11 Å². The van der Waals surface area contributed by atoms with E-state index in [9.17, 15) is 9.59 Å². The van der Waals surface area contributed by atoms with E-state index in [-0.39, 0.29) is 0 Å². The molecule has 0 radical (unpaired) electrons. The minimum absolute atomic E-state index is 0.458. The molecule has 2 aromatic rings. The number of nitrogens with one attached hydrogen (secondary N) is 2. The third kappa shape index (κ3) is 4.13. The van der Waals surface area contributed by atoms with Crippen molar-refractivity contribution in [2.75, 3.05) is 12.4 Å². The maximum Gasteiger partial charge on any atom is 0.333 e. The molecule has 0 aliphatic carbocycles. The van der Waals surface area contributed by atoms with Crippen LogP contribution in [0.4, 0.5) is 10.5 Å². The second-order valence-corrected chi connectivity index (χ2v) is 5.72. The Kier molecular flexibility index (Phi) is 5.58. The Morgan fingerprint density at radius 1 is 0.958 bits per heavy atom. The number of esters is 1. The van der Waals surface area contributed by atoms with E-state index in [0.717, 1.165) is 16.7 Å². The number of carbonyl (C=O) groups excluding carboxylic acids is 2. The molecule has 1 atom stereocenters. The van der Waals surface area contributed by atoms with Gasteiger partial charge in [0.15, 0.2) is 6.04 Å². The number of hydrogen-bond donors (Lipinski definition) is 2. The molecule has 2 aromatic carbocycles. The van der Waals surface area contributed by atoms with Gasteiger partial charge >= 0.3 is 12.0 Å². The molecular weight excluding hydrogens is 304 g/mol. The average molecular weight is 326 g/mol. The molecule has 24 heavy (non-hydrogen) atoms. The van der Waals surface area contributed by atoms with Gasteiger partial charge in [0.05, 0.1) is 7.11 Å². The summed E-state index contributed by atoms with van der Waals surface area (Å²) >= 11 is 0. The number of rotatable bonds is 4. The zero-order valence-electron chi connectivity index (χ0n) is 14.3. The van der Waals surface area contributed by atoms with Gasteiger partial charge in [-0.25, -0.2) is 9.59 Å². The lowest BCUT2D eigenvalue weighted by atomic mass is 10.0. The smallest absolute Gasteiger partial charge is 0.333 e. The van der Waals surface area contributed by atoms with Crippen molar-refractivity contribution >= 4 is 17.7 Å². The number of methoxy groups -OCH3 is 1. The molecule has 0 saturated heterocycles. The van der Waals surface area contributed by atoms with E-state index in [4.69, 9.17) is 4.74 Å². The highest BCUT2D eigenvalue weighted by Crippen LogP contribution is 2.20. The SMILES string of the molecule is COC(=O)C(NC(=O)Nc1cc(C)c(C)cc1C)c1ccccc1. The number of benzene rings is 2. The fourth-order valence-corrected chi connectivity index (χ4v) is 2.43. The van der Waals surface area contributed by atoms with E-state index in [1.807, 2.05) is 39.0 Å². The molecule has 2 N–H and O–H groups in total. The molecule has 0 aromatic heterocycles. The van der Waals surface area contributed by atoms with Gasteiger partial charge in [-0.15, -0.1) is 0 Å². The molecule has 0 spiro atoms. The summed E-state index contributed by atoms with van der Waals surface area (Å²) in [6.45, 7) is 5.94. The third-order valence-electron chi connectivity index (χ3n) is 3.93. The fraction of sp³-hybridized carbons (Fsp3) is 0.263. The lowest BCUT2D eigenvalue weighted by Gasteiger charge is -2.18. The number of anilines is 1. The average Bonchev–Trinajstić information content (AvgIpc) is 2.57. The first-order chi connectivity index (χ1) is 11.4. The van der Waals surface area contributed by atoms with Crippen LogP contribution in [-0.2, 0) is 9.53 Å². The molecule has 5 nitrogen and oxygen atoms in total. The number of amides is 2. The van der Waals surface area contributed by atoms with Crippen LogP contribution >= 0.6 is 0 Å². The summed E-state index contributed by atoms with van der Waals surface area (Å²) in [6.07, 6.45) is 0. The lowest BCUT2D eigenvalue weighted by Crippen LogP contribution is -2.37. The van der Waals surface area contributed by atoms with Crippen molar-refractivity contribution < 1.29 is 14.3 Å². The Bertz CT molecular complexity index is 742. The summed E-state index contributed by atoms with van der Waals surface area (Å²) in [7, 11) is 1.30. The van der Waals surface area contributed by atoms with Crippen molar-refractivity contribution in [3.05, 3.63) is 64.7 Å². The first-order valence-electron chi connectivity index (χ1n) is 7.70. The van der Waals surface area contributed by atoms with Gasteiger partial charge in [-0.3, -0.25) is 0 Å². The van der Waals surface area contributed by atoms with Crippen LogP contribution in [0.2, 0.25) is 0 Å². The summed E-state index contributed by atoms with van der Waals surface area (Å²) in [5.74, 6) is -0.520. The van der Waals surface area contributed by atoms with Crippen LogP contribution in [0, 0.1) is 20.8 Å². The molecule has 0 bridgehead atoms. The predicted octanol–water partition coefficient (Wildman–Crippen LogP) is 3.65. The Balaban J connectivity index is 2.17. The van der Waals surface area contributed by atoms with Gasteiger partial charge in [-0.05, 0) is 49.1 Å². The predicted molar refractivity (Wildman–Crippen MR) is 94.0 cm³/mol. The van der Waals surface area contributed by atoms with Gasteiger partial charge in [-0.1, -0.05) is 36.4 Å². The molecule has 2 amide bonds. The van der Waals surface area contributed by atoms with E-state index in [0.29, 0.717) is 11.3 Å². The summed E-state index contributed by atoms with van der Waals surface area (Å²) in [5, 5.41) is 5.47. The summed E-state index contributed by atoms with van der Waals surface area (Å²) in [4.78, 5) is 24.3. The van der Waals surface area contributed by atoms with Crippen molar-refractivity contribution in [3.63, 3.8) is 0 Å². The number of hydrogen-bond acceptors (Lipinski definition) is 3. The molecule has 126 valence electrons. The highest BCUT2D eigenvalue weighted by Gasteiger charge is 2.23. The monoisotopic (exact) mass is 326 g/mol. The topological polar surface area (TPSA) is 67.4 Å². The Morgan fingerprint density at radius 2 is 1.58 bits per heavy atom. The van der Waals surface area contributed by atoms with Gasteiger partial charge in [0, 0.05) is 5.69 Å². The molecule has 1 unspecified atom stereocenters. The number of aryl methyl sites for hydroxylation is 3. The molecular formula is C19H22N2O3. The van der Waals surface area contributed by atoms with Gasteiger partial charge in [-0.2, -0.15) is 0 Å². The molecule has 0 saturated carbocycles. The Hall–Kier alpha value is -2.82. The zero-order chi connectivity index (χ0) is 17.7. The molecule has 0 aliphatic rings. The molecule has 0 fully saturated rings. The first-order valence-corrected chi connectivity index (χ1v) is 7.70. The second-order valence-electron chi connectivity index (χ2n) is 5.72. The van der Waals surface area contributed by atoms with Crippen molar-refractivity contribution in [3.8, 4) is 0 Å². The summed E-state index contributed by atoms with van der Waals surface area (Å²) < 4.78 is 4.80. The molecule has 0 heterocycles. The van der Waals surface area contributed by atoms with Crippen LogP contribution in [0.1, 0.15) is 28.3 Å². The van der Waals surface area contributed by atoms with E-state index >= 15 is 0 Å². The van der Waals surface area contributed by atoms with Gasteiger partial charge in [0.2, 0.25) is 0 Å². The number of carbonyl (C=O) groups is 2. The van der Waals surface area contributed by atoms with Gasteiger partial charge in [0.1, 0.15) is 0 Å². The van der Waals surface area contributed by atoms with Crippen LogP contribution in [0.5, 0.6) is 0 Å². The quantitative estimate of drug-likeness (QED) is 0.843. The number of ether oxygens (including phenoxy) is 1. The largest absolute Gasteiger partial charge is 0.467 e. The molecule has 0 aliphatic heterocycles. The summed E-state index contributed by atoms with van der Waals surface area (Å²) in [6, 6.07) is 11.6. The lowest BCUT2D eigenvalue weighted by molar-refractivity contribution is -0.143. The van der Waals surface area contributed by atoms with Crippen molar-refractivity contribution in [2.45, 2.75) is 26.8 Å². The van der Waals surface area contributed by atoms with Crippen LogP contribution in [0.3, 0.4) is 0 Å². The van der Waals surface area contributed by atoms with Gasteiger partial charge < -0.3 is 15.4 Å². The Labute approximate surface area is 142 Å².